The molecule has 5 nitrogen and oxygen atoms in total. The monoisotopic (exact) mass is 302 g/mol. The normalized spacial score (nSPS) is 19.5. The van der Waals surface area contributed by atoms with Crippen molar-refractivity contribution < 1.29 is 4.79 Å². The van der Waals surface area contributed by atoms with Gasteiger partial charge in [0.25, 0.3) is 0 Å². The van der Waals surface area contributed by atoms with Crippen molar-refractivity contribution in [3.05, 3.63) is 46.5 Å². The zero-order valence-electron chi connectivity index (χ0n) is 11.9. The molecule has 0 spiro atoms. The minimum Gasteiger partial charge on any atom is -0.375 e. The number of carbonyl (C=O) groups excluding carboxylic acids is 1. The first-order valence-electron chi connectivity index (χ1n) is 6.92. The van der Waals surface area contributed by atoms with E-state index in [0.29, 0.717) is 18.2 Å². The third-order valence-electron chi connectivity index (χ3n) is 3.73. The van der Waals surface area contributed by atoms with E-state index in [1.165, 1.54) is 11.3 Å². The molecule has 6 heteroatoms. The number of piperazine rings is 1. The summed E-state index contributed by atoms with van der Waals surface area (Å²) in [4.78, 5) is 19.7. The number of nitrogens with zero attached hydrogens (tertiary/aromatic N) is 2. The molecule has 1 saturated heterocycles. The van der Waals surface area contributed by atoms with Gasteiger partial charge in [0.1, 0.15) is 6.04 Å². The maximum atomic E-state index is 12.4. The Hall–Kier alpha value is -1.92. The maximum absolute atomic E-state index is 12.4. The molecule has 1 aromatic heterocycles. The average Bonchev–Trinajstić information content (AvgIpc) is 2.86. The van der Waals surface area contributed by atoms with Gasteiger partial charge >= 0.3 is 0 Å². The van der Waals surface area contributed by atoms with E-state index in [9.17, 15) is 4.79 Å². The number of carbonyl (C=O) groups is 1. The maximum Gasteiger partial charge on any atom is 0.242 e. The average molecular weight is 302 g/mol. The van der Waals surface area contributed by atoms with E-state index in [0.717, 1.165) is 22.5 Å². The van der Waals surface area contributed by atoms with Gasteiger partial charge in [0.15, 0.2) is 5.13 Å². The molecule has 2 heterocycles. The van der Waals surface area contributed by atoms with Gasteiger partial charge in [-0.05, 0) is 18.1 Å². The van der Waals surface area contributed by atoms with E-state index < -0.39 is 0 Å². The van der Waals surface area contributed by atoms with Crippen LogP contribution in [0, 0.1) is 6.92 Å². The largest absolute Gasteiger partial charge is 0.375 e. The van der Waals surface area contributed by atoms with Crippen LogP contribution < -0.4 is 11.1 Å². The van der Waals surface area contributed by atoms with Crippen LogP contribution in [0.3, 0.4) is 0 Å². The Morgan fingerprint density at radius 2 is 2.29 bits per heavy atom. The summed E-state index contributed by atoms with van der Waals surface area (Å²) in [6, 6.07) is 7.79. The van der Waals surface area contributed by atoms with Crippen molar-refractivity contribution in [1.29, 1.82) is 0 Å². The number of anilines is 1. The standard InChI is InChI=1S/C15H18N4OS/c1-10-4-2-3-5-12(10)13-14(20)17-6-7-19(13)9-11-8-18-15(16)21-11/h2-5,8,13H,6-7,9H2,1H3,(H2,16,18)(H,17,20). The first kappa shape index (κ1) is 14.0. The predicted molar refractivity (Wildman–Crippen MR) is 83.9 cm³/mol. The molecule has 1 fully saturated rings. The molecule has 21 heavy (non-hydrogen) atoms. The lowest BCUT2D eigenvalue weighted by Gasteiger charge is -2.35. The second kappa shape index (κ2) is 5.83. The minimum atomic E-state index is -0.247. The molecule has 1 atom stereocenters. The molecule has 1 amide bonds. The van der Waals surface area contributed by atoms with Crippen molar-refractivity contribution in [3.63, 3.8) is 0 Å². The highest BCUT2D eigenvalue weighted by molar-refractivity contribution is 7.15. The van der Waals surface area contributed by atoms with Crippen LogP contribution in [0.15, 0.2) is 30.5 Å². The van der Waals surface area contributed by atoms with Crippen LogP contribution in [0.1, 0.15) is 22.0 Å². The van der Waals surface area contributed by atoms with Gasteiger partial charge in [0.05, 0.1) is 0 Å². The van der Waals surface area contributed by atoms with Crippen molar-refractivity contribution in [1.82, 2.24) is 15.2 Å². The van der Waals surface area contributed by atoms with Gasteiger partial charge < -0.3 is 11.1 Å². The zero-order chi connectivity index (χ0) is 14.8. The zero-order valence-corrected chi connectivity index (χ0v) is 12.7. The van der Waals surface area contributed by atoms with E-state index in [2.05, 4.69) is 15.2 Å². The molecular weight excluding hydrogens is 284 g/mol. The number of rotatable bonds is 3. The molecule has 0 saturated carbocycles. The Morgan fingerprint density at radius 3 is 3.00 bits per heavy atom. The van der Waals surface area contributed by atoms with Gasteiger partial charge in [-0.3, -0.25) is 9.69 Å². The fourth-order valence-electron chi connectivity index (χ4n) is 2.71. The summed E-state index contributed by atoms with van der Waals surface area (Å²) in [7, 11) is 0. The van der Waals surface area contributed by atoms with Gasteiger partial charge in [-0.25, -0.2) is 4.98 Å². The number of amides is 1. The van der Waals surface area contributed by atoms with Gasteiger partial charge in [0.2, 0.25) is 5.91 Å². The Kier molecular flexibility index (Phi) is 3.90. The van der Waals surface area contributed by atoms with Crippen LogP contribution in [-0.2, 0) is 11.3 Å². The SMILES string of the molecule is Cc1ccccc1C1C(=O)NCCN1Cc1cnc(N)s1. The number of thiazole rings is 1. The highest BCUT2D eigenvalue weighted by Gasteiger charge is 2.32. The molecule has 3 rings (SSSR count). The van der Waals surface area contributed by atoms with Crippen LogP contribution in [0.2, 0.25) is 0 Å². The lowest BCUT2D eigenvalue weighted by atomic mass is 9.98. The molecule has 110 valence electrons. The molecule has 1 aromatic carbocycles. The van der Waals surface area contributed by atoms with Crippen molar-refractivity contribution in [3.8, 4) is 0 Å². The van der Waals surface area contributed by atoms with E-state index in [4.69, 9.17) is 5.73 Å². The van der Waals surface area contributed by atoms with E-state index in [-0.39, 0.29) is 11.9 Å². The number of nitrogens with one attached hydrogen (secondary N) is 1. The molecule has 0 aliphatic carbocycles. The topological polar surface area (TPSA) is 71.2 Å². The summed E-state index contributed by atoms with van der Waals surface area (Å²) < 4.78 is 0. The molecular formula is C15H18N4OS. The highest BCUT2D eigenvalue weighted by Crippen LogP contribution is 2.28. The molecule has 1 unspecified atom stereocenters. The van der Waals surface area contributed by atoms with Gasteiger partial charge in [-0.15, -0.1) is 11.3 Å². The molecule has 0 radical (unpaired) electrons. The van der Waals surface area contributed by atoms with Gasteiger partial charge in [-0.2, -0.15) is 0 Å². The second-order valence-corrected chi connectivity index (χ2v) is 6.33. The van der Waals surface area contributed by atoms with Crippen molar-refractivity contribution in [2.75, 3.05) is 18.8 Å². The van der Waals surface area contributed by atoms with Crippen LogP contribution in [0.5, 0.6) is 0 Å². The summed E-state index contributed by atoms with van der Waals surface area (Å²) in [6.45, 7) is 4.24. The van der Waals surface area contributed by atoms with Crippen molar-refractivity contribution in [2.24, 2.45) is 0 Å². The lowest BCUT2D eigenvalue weighted by molar-refractivity contribution is -0.129. The number of aromatic nitrogens is 1. The highest BCUT2D eigenvalue weighted by atomic mass is 32.1. The fraction of sp³-hybridized carbons (Fsp3) is 0.333. The van der Waals surface area contributed by atoms with Crippen molar-refractivity contribution in [2.45, 2.75) is 19.5 Å². The van der Waals surface area contributed by atoms with Gasteiger partial charge in [0, 0.05) is 30.7 Å². The third-order valence-corrected chi connectivity index (χ3v) is 4.54. The minimum absolute atomic E-state index is 0.0630. The number of hydrogen-bond donors (Lipinski definition) is 2. The molecule has 1 aliphatic rings. The number of aryl methyl sites for hydroxylation is 1. The van der Waals surface area contributed by atoms with Crippen LogP contribution >= 0.6 is 11.3 Å². The van der Waals surface area contributed by atoms with Crippen molar-refractivity contribution >= 4 is 22.4 Å². The molecule has 2 aromatic rings. The van der Waals surface area contributed by atoms with E-state index in [1.54, 1.807) is 6.20 Å². The van der Waals surface area contributed by atoms with Crippen LogP contribution in [0.4, 0.5) is 5.13 Å². The Labute approximate surface area is 127 Å². The smallest absolute Gasteiger partial charge is 0.242 e. The number of hydrogen-bond acceptors (Lipinski definition) is 5. The predicted octanol–water partition coefficient (Wildman–Crippen LogP) is 1.71. The van der Waals surface area contributed by atoms with E-state index in [1.807, 2.05) is 31.2 Å². The third kappa shape index (κ3) is 2.91. The Morgan fingerprint density at radius 1 is 1.48 bits per heavy atom. The molecule has 3 N–H and O–H groups in total. The molecule has 0 bridgehead atoms. The summed E-state index contributed by atoms with van der Waals surface area (Å²) in [6.07, 6.45) is 1.79. The number of benzene rings is 1. The summed E-state index contributed by atoms with van der Waals surface area (Å²) >= 11 is 1.48. The number of nitrogens with two attached hydrogens (primary N) is 1. The second-order valence-electron chi connectivity index (χ2n) is 5.19. The molecule has 1 aliphatic heterocycles. The first-order chi connectivity index (χ1) is 10.1. The summed E-state index contributed by atoms with van der Waals surface area (Å²) in [5.74, 6) is 0.0630. The van der Waals surface area contributed by atoms with Gasteiger partial charge in [-0.1, -0.05) is 24.3 Å². The van der Waals surface area contributed by atoms with E-state index >= 15 is 0 Å². The number of nitrogen functional groups attached to an aromatic ring is 1. The van der Waals surface area contributed by atoms with Crippen LogP contribution in [0.25, 0.3) is 0 Å². The fourth-order valence-corrected chi connectivity index (χ4v) is 3.42. The first-order valence-corrected chi connectivity index (χ1v) is 7.74. The summed E-state index contributed by atoms with van der Waals surface area (Å²) in [5, 5.41) is 3.53. The quantitative estimate of drug-likeness (QED) is 0.905. The Balaban J connectivity index is 1.90. The lowest BCUT2D eigenvalue weighted by Crippen LogP contribution is -2.49. The van der Waals surface area contributed by atoms with Crippen LogP contribution in [-0.4, -0.2) is 28.9 Å². The Bertz CT molecular complexity index is 655. The summed E-state index contributed by atoms with van der Waals surface area (Å²) in [5.41, 5.74) is 7.89.